The first-order valence-corrected chi connectivity index (χ1v) is 3.53. The largest absolute Gasteiger partial charge is 0.502 e. The van der Waals surface area contributed by atoms with Gasteiger partial charge in [0.2, 0.25) is 0 Å². The van der Waals surface area contributed by atoms with Gasteiger partial charge in [-0.1, -0.05) is 26.8 Å². The molecular formula is C8H16O. The summed E-state index contributed by atoms with van der Waals surface area (Å²) in [6, 6.07) is 0. The molecule has 0 bridgehead atoms. The molecule has 0 N–H and O–H groups in total. The summed E-state index contributed by atoms with van der Waals surface area (Å²) in [5.74, 6) is 0.674. The maximum Gasteiger partial charge on any atom is 0.0898 e. The van der Waals surface area contributed by atoms with Gasteiger partial charge in [-0.15, -0.1) is 0 Å². The van der Waals surface area contributed by atoms with Gasteiger partial charge in [-0.3, -0.25) is 0 Å². The second-order valence-electron chi connectivity index (χ2n) is 2.39. The van der Waals surface area contributed by atoms with Crippen molar-refractivity contribution in [2.24, 2.45) is 5.92 Å². The molecule has 0 aliphatic heterocycles. The zero-order valence-electron chi connectivity index (χ0n) is 6.39. The van der Waals surface area contributed by atoms with Crippen LogP contribution in [-0.4, -0.2) is 6.61 Å². The highest BCUT2D eigenvalue weighted by Gasteiger charge is 1.97. The van der Waals surface area contributed by atoms with E-state index >= 15 is 0 Å². The molecule has 0 aliphatic rings. The first kappa shape index (κ1) is 8.54. The van der Waals surface area contributed by atoms with Crippen molar-refractivity contribution in [2.75, 3.05) is 6.61 Å². The molecule has 0 spiro atoms. The Labute approximate surface area is 57.7 Å². The van der Waals surface area contributed by atoms with Crippen molar-refractivity contribution in [3.8, 4) is 0 Å². The van der Waals surface area contributed by atoms with Crippen LogP contribution in [0.3, 0.4) is 0 Å². The standard InChI is InChI=1S/C8H16O/c1-4-6-8(3)7-9-5-2/h5,8H,2,4,6-7H2,1,3H3. The Balaban J connectivity index is 3.04. The molecule has 54 valence electrons. The summed E-state index contributed by atoms with van der Waals surface area (Å²) in [7, 11) is 0. The van der Waals surface area contributed by atoms with Gasteiger partial charge in [-0.25, -0.2) is 0 Å². The molecule has 0 rings (SSSR count). The van der Waals surface area contributed by atoms with Crippen molar-refractivity contribution in [1.29, 1.82) is 0 Å². The molecule has 1 unspecified atom stereocenters. The summed E-state index contributed by atoms with van der Waals surface area (Å²) in [4.78, 5) is 0. The van der Waals surface area contributed by atoms with Gasteiger partial charge in [0.1, 0.15) is 0 Å². The van der Waals surface area contributed by atoms with E-state index in [9.17, 15) is 0 Å². The number of hydrogen-bond acceptors (Lipinski definition) is 1. The van der Waals surface area contributed by atoms with E-state index in [1.807, 2.05) is 0 Å². The maximum atomic E-state index is 5.01. The fourth-order valence-corrected chi connectivity index (χ4v) is 0.808. The minimum atomic E-state index is 0.674. The summed E-state index contributed by atoms with van der Waals surface area (Å²) in [6.45, 7) is 8.66. The van der Waals surface area contributed by atoms with Crippen LogP contribution >= 0.6 is 0 Å². The highest BCUT2D eigenvalue weighted by Crippen LogP contribution is 2.04. The van der Waals surface area contributed by atoms with Crippen LogP contribution in [-0.2, 0) is 4.74 Å². The third-order valence-electron chi connectivity index (χ3n) is 1.28. The van der Waals surface area contributed by atoms with E-state index in [1.165, 1.54) is 19.1 Å². The summed E-state index contributed by atoms with van der Waals surface area (Å²) in [5, 5.41) is 0. The monoisotopic (exact) mass is 128 g/mol. The van der Waals surface area contributed by atoms with Crippen molar-refractivity contribution in [1.82, 2.24) is 0 Å². The van der Waals surface area contributed by atoms with Gasteiger partial charge in [0.15, 0.2) is 0 Å². The van der Waals surface area contributed by atoms with Gasteiger partial charge in [0.25, 0.3) is 0 Å². The molecule has 0 fully saturated rings. The van der Waals surface area contributed by atoms with E-state index in [-0.39, 0.29) is 0 Å². The van der Waals surface area contributed by atoms with Crippen molar-refractivity contribution in [2.45, 2.75) is 26.7 Å². The Kier molecular flexibility index (Phi) is 5.38. The van der Waals surface area contributed by atoms with Crippen molar-refractivity contribution >= 4 is 0 Å². The Morgan fingerprint density at radius 3 is 2.78 bits per heavy atom. The molecule has 0 saturated heterocycles. The third kappa shape index (κ3) is 5.41. The van der Waals surface area contributed by atoms with Crippen molar-refractivity contribution in [3.63, 3.8) is 0 Å². The highest BCUT2D eigenvalue weighted by molar-refractivity contribution is 4.54. The Hall–Kier alpha value is -0.460. The van der Waals surface area contributed by atoms with E-state index in [2.05, 4.69) is 20.4 Å². The van der Waals surface area contributed by atoms with Gasteiger partial charge in [-0.05, 0) is 12.3 Å². The predicted octanol–water partition coefficient (Wildman–Crippen LogP) is 2.58. The van der Waals surface area contributed by atoms with Crippen LogP contribution in [0.4, 0.5) is 0 Å². The molecule has 1 nitrogen and oxygen atoms in total. The van der Waals surface area contributed by atoms with E-state index in [0.29, 0.717) is 5.92 Å². The lowest BCUT2D eigenvalue weighted by atomic mass is 10.1. The van der Waals surface area contributed by atoms with Gasteiger partial charge in [0.05, 0.1) is 12.9 Å². The van der Waals surface area contributed by atoms with E-state index < -0.39 is 0 Å². The first-order valence-electron chi connectivity index (χ1n) is 3.53. The maximum absolute atomic E-state index is 5.01. The Morgan fingerprint density at radius 2 is 2.33 bits per heavy atom. The minimum absolute atomic E-state index is 0.674. The molecule has 1 heteroatoms. The minimum Gasteiger partial charge on any atom is -0.502 e. The zero-order chi connectivity index (χ0) is 7.11. The Morgan fingerprint density at radius 1 is 1.67 bits per heavy atom. The molecule has 0 aromatic heterocycles. The van der Waals surface area contributed by atoms with Crippen LogP contribution in [0.2, 0.25) is 0 Å². The third-order valence-corrected chi connectivity index (χ3v) is 1.28. The molecule has 1 atom stereocenters. The number of ether oxygens (including phenoxy) is 1. The number of rotatable bonds is 5. The summed E-state index contributed by atoms with van der Waals surface area (Å²) < 4.78 is 5.01. The van der Waals surface area contributed by atoms with E-state index in [4.69, 9.17) is 4.74 Å². The highest BCUT2D eigenvalue weighted by atomic mass is 16.5. The predicted molar refractivity (Wildman–Crippen MR) is 40.2 cm³/mol. The fourth-order valence-electron chi connectivity index (χ4n) is 0.808. The summed E-state index contributed by atoms with van der Waals surface area (Å²) >= 11 is 0. The van der Waals surface area contributed by atoms with Gasteiger partial charge in [-0.2, -0.15) is 0 Å². The van der Waals surface area contributed by atoms with Crippen molar-refractivity contribution < 1.29 is 4.74 Å². The normalized spacial score (nSPS) is 12.7. The van der Waals surface area contributed by atoms with E-state index in [0.717, 1.165) is 6.61 Å². The molecule has 0 heterocycles. The van der Waals surface area contributed by atoms with Crippen LogP contribution in [0.25, 0.3) is 0 Å². The van der Waals surface area contributed by atoms with Crippen molar-refractivity contribution in [3.05, 3.63) is 12.8 Å². The molecule has 0 aromatic carbocycles. The van der Waals surface area contributed by atoms with Crippen LogP contribution in [0, 0.1) is 5.92 Å². The smallest absolute Gasteiger partial charge is 0.0898 e. The number of hydrogen-bond donors (Lipinski definition) is 0. The molecule has 0 amide bonds. The topological polar surface area (TPSA) is 9.23 Å². The van der Waals surface area contributed by atoms with Crippen LogP contribution in [0.5, 0.6) is 0 Å². The van der Waals surface area contributed by atoms with Gasteiger partial charge in [0, 0.05) is 0 Å². The lowest BCUT2D eigenvalue weighted by Gasteiger charge is -2.07. The summed E-state index contributed by atoms with van der Waals surface area (Å²) in [6.07, 6.45) is 3.99. The van der Waals surface area contributed by atoms with Crippen LogP contribution in [0.15, 0.2) is 12.8 Å². The molecule has 0 saturated carbocycles. The quantitative estimate of drug-likeness (QED) is 0.517. The first-order chi connectivity index (χ1) is 4.31. The average Bonchev–Trinajstić information content (AvgIpc) is 1.85. The Bertz CT molecular complexity index is 69.0. The molecule has 0 radical (unpaired) electrons. The lowest BCUT2D eigenvalue weighted by Crippen LogP contribution is -2.01. The zero-order valence-corrected chi connectivity index (χ0v) is 6.39. The van der Waals surface area contributed by atoms with E-state index in [1.54, 1.807) is 0 Å². The van der Waals surface area contributed by atoms with Crippen LogP contribution in [0.1, 0.15) is 26.7 Å². The lowest BCUT2D eigenvalue weighted by molar-refractivity contribution is 0.198. The fraction of sp³-hybridized carbons (Fsp3) is 0.750. The second-order valence-corrected chi connectivity index (χ2v) is 2.39. The van der Waals surface area contributed by atoms with Crippen LogP contribution < -0.4 is 0 Å². The average molecular weight is 128 g/mol. The SMILES string of the molecule is C=COCC(C)CCC. The van der Waals surface area contributed by atoms with Gasteiger partial charge >= 0.3 is 0 Å². The molecule has 0 aliphatic carbocycles. The molecule has 0 aromatic rings. The van der Waals surface area contributed by atoms with Gasteiger partial charge < -0.3 is 4.74 Å². The molecular weight excluding hydrogens is 112 g/mol. The molecule has 9 heavy (non-hydrogen) atoms. The second kappa shape index (κ2) is 5.67. The summed E-state index contributed by atoms with van der Waals surface area (Å²) in [5.41, 5.74) is 0.